The molecule has 5 nitrogen and oxygen atoms in total. The number of hydrogen-bond donors (Lipinski definition) is 2. The quantitative estimate of drug-likeness (QED) is 0.810. The first-order valence-corrected chi connectivity index (χ1v) is 7.82. The van der Waals surface area contributed by atoms with E-state index in [1.165, 1.54) is 0 Å². The summed E-state index contributed by atoms with van der Waals surface area (Å²) < 4.78 is 0. The van der Waals surface area contributed by atoms with Crippen molar-refractivity contribution in [3.63, 3.8) is 0 Å². The minimum atomic E-state index is -0.705. The Hall–Kier alpha value is -1.10. The Kier molecular flexibility index (Phi) is 5.02. The van der Waals surface area contributed by atoms with Crippen LogP contribution in [0.15, 0.2) is 0 Å². The number of aliphatic hydroxyl groups is 1. The summed E-state index contributed by atoms with van der Waals surface area (Å²) in [5.41, 5.74) is -0.705. The second-order valence-electron chi connectivity index (χ2n) is 6.18. The summed E-state index contributed by atoms with van der Waals surface area (Å²) in [6.07, 6.45) is 5.83. The molecule has 1 aliphatic heterocycles. The summed E-state index contributed by atoms with van der Waals surface area (Å²) >= 11 is 0. The molecule has 2 aliphatic rings. The van der Waals surface area contributed by atoms with Gasteiger partial charge in [-0.25, -0.2) is 0 Å². The standard InChI is InChI=1S/C15H26N2O3/c1-2-13(18)17-9-5-6-12(10-17)14(19)16-11-15(20)7-3-4-8-15/h12,20H,2-11H2,1H3,(H,16,19). The Balaban J connectivity index is 1.81. The van der Waals surface area contributed by atoms with Crippen LogP contribution in [0.25, 0.3) is 0 Å². The van der Waals surface area contributed by atoms with Crippen molar-refractivity contribution < 1.29 is 14.7 Å². The number of nitrogens with one attached hydrogen (secondary N) is 1. The number of amides is 2. The van der Waals surface area contributed by atoms with Gasteiger partial charge in [-0.05, 0) is 25.7 Å². The van der Waals surface area contributed by atoms with Crippen LogP contribution in [0.3, 0.4) is 0 Å². The van der Waals surface area contributed by atoms with Gasteiger partial charge in [0, 0.05) is 26.1 Å². The van der Waals surface area contributed by atoms with Gasteiger partial charge in [0.2, 0.25) is 11.8 Å². The molecule has 1 aliphatic carbocycles. The summed E-state index contributed by atoms with van der Waals surface area (Å²) in [7, 11) is 0. The minimum absolute atomic E-state index is 0.0149. The maximum Gasteiger partial charge on any atom is 0.225 e. The van der Waals surface area contributed by atoms with Crippen LogP contribution in [0.5, 0.6) is 0 Å². The van der Waals surface area contributed by atoms with Gasteiger partial charge in [-0.1, -0.05) is 19.8 Å². The lowest BCUT2D eigenvalue weighted by Gasteiger charge is -2.32. The number of carbonyl (C=O) groups excluding carboxylic acids is 2. The van der Waals surface area contributed by atoms with Crippen LogP contribution in [0, 0.1) is 5.92 Å². The van der Waals surface area contributed by atoms with Crippen molar-refractivity contribution in [1.82, 2.24) is 10.2 Å². The van der Waals surface area contributed by atoms with Gasteiger partial charge in [-0.3, -0.25) is 9.59 Å². The second kappa shape index (κ2) is 6.57. The summed E-state index contributed by atoms with van der Waals surface area (Å²) in [6, 6.07) is 0. The fraction of sp³-hybridized carbons (Fsp3) is 0.867. The molecule has 2 rings (SSSR count). The van der Waals surface area contributed by atoms with Gasteiger partial charge in [-0.15, -0.1) is 0 Å². The van der Waals surface area contributed by atoms with Crippen LogP contribution < -0.4 is 5.32 Å². The Morgan fingerprint density at radius 1 is 1.30 bits per heavy atom. The van der Waals surface area contributed by atoms with Crippen molar-refractivity contribution in [2.75, 3.05) is 19.6 Å². The van der Waals surface area contributed by atoms with Gasteiger partial charge in [0.15, 0.2) is 0 Å². The number of carbonyl (C=O) groups is 2. The van der Waals surface area contributed by atoms with Crippen molar-refractivity contribution in [3.8, 4) is 0 Å². The van der Waals surface area contributed by atoms with Gasteiger partial charge in [0.1, 0.15) is 0 Å². The molecule has 1 saturated carbocycles. The minimum Gasteiger partial charge on any atom is -0.388 e. The highest BCUT2D eigenvalue weighted by Crippen LogP contribution is 2.28. The molecule has 0 spiro atoms. The van der Waals surface area contributed by atoms with Gasteiger partial charge in [0.25, 0.3) is 0 Å². The third-order valence-corrected chi connectivity index (χ3v) is 4.57. The summed E-state index contributed by atoms with van der Waals surface area (Å²) in [5, 5.41) is 13.1. The fourth-order valence-corrected chi connectivity index (χ4v) is 3.25. The van der Waals surface area contributed by atoms with E-state index in [1.807, 2.05) is 6.92 Å². The molecule has 0 aromatic heterocycles. The average molecular weight is 282 g/mol. The molecule has 2 amide bonds. The number of nitrogens with zero attached hydrogens (tertiary/aromatic N) is 1. The molecule has 1 atom stereocenters. The summed E-state index contributed by atoms with van der Waals surface area (Å²) in [4.78, 5) is 25.7. The second-order valence-corrected chi connectivity index (χ2v) is 6.18. The lowest BCUT2D eigenvalue weighted by Crippen LogP contribution is -2.48. The lowest BCUT2D eigenvalue weighted by atomic mass is 9.96. The highest BCUT2D eigenvalue weighted by Gasteiger charge is 2.33. The topological polar surface area (TPSA) is 69.6 Å². The first-order chi connectivity index (χ1) is 9.54. The smallest absolute Gasteiger partial charge is 0.225 e. The van der Waals surface area contributed by atoms with E-state index in [4.69, 9.17) is 0 Å². The summed E-state index contributed by atoms with van der Waals surface area (Å²) in [5.74, 6) is -0.0138. The highest BCUT2D eigenvalue weighted by atomic mass is 16.3. The van der Waals surface area contributed by atoms with Crippen molar-refractivity contribution in [1.29, 1.82) is 0 Å². The number of rotatable bonds is 4. The first kappa shape index (κ1) is 15.3. The molecule has 0 aromatic carbocycles. The first-order valence-electron chi connectivity index (χ1n) is 7.82. The molecule has 0 radical (unpaired) electrons. The van der Waals surface area contributed by atoms with Crippen molar-refractivity contribution in [2.45, 2.75) is 57.5 Å². The molecular weight excluding hydrogens is 256 g/mol. The number of likely N-dealkylation sites (tertiary alicyclic amines) is 1. The van der Waals surface area contributed by atoms with Crippen LogP contribution in [0.1, 0.15) is 51.9 Å². The van der Waals surface area contributed by atoms with Crippen LogP contribution in [0.2, 0.25) is 0 Å². The van der Waals surface area contributed by atoms with Crippen LogP contribution >= 0.6 is 0 Å². The Morgan fingerprint density at radius 3 is 2.65 bits per heavy atom. The van der Waals surface area contributed by atoms with Gasteiger partial charge >= 0.3 is 0 Å². The third kappa shape index (κ3) is 3.72. The van der Waals surface area contributed by atoms with E-state index >= 15 is 0 Å². The number of piperidine rings is 1. The molecule has 114 valence electrons. The van der Waals surface area contributed by atoms with E-state index in [9.17, 15) is 14.7 Å². The molecule has 2 fully saturated rings. The van der Waals surface area contributed by atoms with E-state index < -0.39 is 5.60 Å². The normalized spacial score (nSPS) is 25.5. The molecular formula is C15H26N2O3. The van der Waals surface area contributed by atoms with Gasteiger partial charge < -0.3 is 15.3 Å². The van der Waals surface area contributed by atoms with Crippen molar-refractivity contribution in [3.05, 3.63) is 0 Å². The van der Waals surface area contributed by atoms with Crippen molar-refractivity contribution in [2.24, 2.45) is 5.92 Å². The van der Waals surface area contributed by atoms with E-state index in [1.54, 1.807) is 4.90 Å². The van der Waals surface area contributed by atoms with E-state index in [2.05, 4.69) is 5.32 Å². The molecule has 0 aromatic rings. The fourth-order valence-electron chi connectivity index (χ4n) is 3.25. The maximum absolute atomic E-state index is 12.2. The molecule has 1 heterocycles. The SMILES string of the molecule is CCC(=O)N1CCCC(C(=O)NCC2(O)CCCC2)C1. The van der Waals surface area contributed by atoms with Crippen LogP contribution in [-0.2, 0) is 9.59 Å². The molecule has 0 bridgehead atoms. The number of hydrogen-bond acceptors (Lipinski definition) is 3. The average Bonchev–Trinajstić information content (AvgIpc) is 2.91. The van der Waals surface area contributed by atoms with Crippen LogP contribution in [0.4, 0.5) is 0 Å². The Bertz CT molecular complexity index is 364. The van der Waals surface area contributed by atoms with Gasteiger partial charge in [-0.2, -0.15) is 0 Å². The Morgan fingerprint density at radius 2 is 2.00 bits per heavy atom. The zero-order chi connectivity index (χ0) is 14.6. The summed E-state index contributed by atoms with van der Waals surface area (Å²) in [6.45, 7) is 3.49. The Labute approximate surface area is 120 Å². The van der Waals surface area contributed by atoms with Crippen molar-refractivity contribution >= 4 is 11.8 Å². The highest BCUT2D eigenvalue weighted by molar-refractivity contribution is 5.81. The monoisotopic (exact) mass is 282 g/mol. The third-order valence-electron chi connectivity index (χ3n) is 4.57. The predicted molar refractivity (Wildman–Crippen MR) is 76.0 cm³/mol. The molecule has 1 unspecified atom stereocenters. The van der Waals surface area contributed by atoms with Crippen LogP contribution in [-0.4, -0.2) is 47.1 Å². The van der Waals surface area contributed by atoms with E-state index in [-0.39, 0.29) is 17.7 Å². The zero-order valence-electron chi connectivity index (χ0n) is 12.4. The molecule has 1 saturated heterocycles. The molecule has 20 heavy (non-hydrogen) atoms. The zero-order valence-corrected chi connectivity index (χ0v) is 12.4. The molecule has 2 N–H and O–H groups in total. The maximum atomic E-state index is 12.2. The molecule has 5 heteroatoms. The van der Waals surface area contributed by atoms with E-state index in [0.717, 1.165) is 45.1 Å². The van der Waals surface area contributed by atoms with Gasteiger partial charge in [0.05, 0.1) is 11.5 Å². The largest absolute Gasteiger partial charge is 0.388 e. The lowest BCUT2D eigenvalue weighted by molar-refractivity contribution is -0.135. The van der Waals surface area contributed by atoms with E-state index in [0.29, 0.717) is 19.5 Å². The predicted octanol–water partition coefficient (Wildman–Crippen LogP) is 1.06.